The lowest BCUT2D eigenvalue weighted by Gasteiger charge is -2.29. The molecule has 0 atom stereocenters. The van der Waals surface area contributed by atoms with E-state index < -0.39 is 17.4 Å². The molecule has 1 aliphatic rings. The van der Waals surface area contributed by atoms with E-state index in [2.05, 4.69) is 27.2 Å². The van der Waals surface area contributed by atoms with Crippen molar-refractivity contribution >= 4 is 17.3 Å². The van der Waals surface area contributed by atoms with Gasteiger partial charge in [0.1, 0.15) is 0 Å². The van der Waals surface area contributed by atoms with Gasteiger partial charge in [-0.05, 0) is 54.3 Å². The zero-order chi connectivity index (χ0) is 22.0. The fraction of sp³-hybridized carbons (Fsp3) is 0.304. The molecule has 0 fully saturated rings. The SMILES string of the molecule is CCn1nnc(N2CCC(C)=C(c3ccc(CC(=O)c4cccc(F)c4F)cc3)C2)n1. The second kappa shape index (κ2) is 8.75. The van der Waals surface area contributed by atoms with Gasteiger partial charge in [-0.3, -0.25) is 4.79 Å². The van der Waals surface area contributed by atoms with Crippen LogP contribution in [0.25, 0.3) is 5.57 Å². The molecule has 6 nitrogen and oxygen atoms in total. The van der Waals surface area contributed by atoms with Gasteiger partial charge < -0.3 is 4.90 Å². The highest BCUT2D eigenvalue weighted by Gasteiger charge is 2.22. The summed E-state index contributed by atoms with van der Waals surface area (Å²) in [5.41, 5.74) is 4.06. The number of nitrogens with zero attached hydrogens (tertiary/aromatic N) is 5. The maximum absolute atomic E-state index is 13.9. The minimum atomic E-state index is -1.10. The minimum absolute atomic E-state index is 0.00878. The van der Waals surface area contributed by atoms with Crippen molar-refractivity contribution in [2.24, 2.45) is 0 Å². The van der Waals surface area contributed by atoms with Crippen LogP contribution in [-0.4, -0.2) is 39.1 Å². The van der Waals surface area contributed by atoms with E-state index in [1.807, 2.05) is 31.2 Å². The van der Waals surface area contributed by atoms with Gasteiger partial charge in [-0.2, -0.15) is 4.80 Å². The molecule has 160 valence electrons. The summed E-state index contributed by atoms with van der Waals surface area (Å²) < 4.78 is 27.3. The minimum Gasteiger partial charge on any atom is -0.334 e. The van der Waals surface area contributed by atoms with Crippen molar-refractivity contribution in [1.82, 2.24) is 20.2 Å². The summed E-state index contributed by atoms with van der Waals surface area (Å²) >= 11 is 0. The summed E-state index contributed by atoms with van der Waals surface area (Å²) in [5.74, 6) is -1.94. The first-order chi connectivity index (χ1) is 15.0. The molecular weight excluding hydrogens is 400 g/mol. The van der Waals surface area contributed by atoms with Gasteiger partial charge in [0, 0.05) is 19.5 Å². The molecule has 0 saturated carbocycles. The fourth-order valence-electron chi connectivity index (χ4n) is 3.69. The summed E-state index contributed by atoms with van der Waals surface area (Å²) in [6.07, 6.45) is 0.907. The number of aryl methyl sites for hydroxylation is 1. The number of carbonyl (C=O) groups excluding carboxylic acids is 1. The third-order valence-corrected chi connectivity index (χ3v) is 5.55. The van der Waals surface area contributed by atoms with E-state index in [9.17, 15) is 13.6 Å². The number of hydrogen-bond donors (Lipinski definition) is 0. The first-order valence-electron chi connectivity index (χ1n) is 10.2. The smallest absolute Gasteiger partial charge is 0.266 e. The third kappa shape index (κ3) is 4.38. The lowest BCUT2D eigenvalue weighted by atomic mass is 9.93. The zero-order valence-corrected chi connectivity index (χ0v) is 17.5. The highest BCUT2D eigenvalue weighted by molar-refractivity contribution is 5.97. The first-order valence-corrected chi connectivity index (χ1v) is 10.2. The van der Waals surface area contributed by atoms with Crippen LogP contribution in [0.4, 0.5) is 14.7 Å². The molecule has 0 bridgehead atoms. The van der Waals surface area contributed by atoms with Crippen molar-refractivity contribution in [3.8, 4) is 0 Å². The summed E-state index contributed by atoms with van der Waals surface area (Å²) in [6.45, 7) is 6.26. The number of Topliss-reactive ketones (excluding diaryl/α,β-unsaturated/α-hetero) is 1. The van der Waals surface area contributed by atoms with E-state index in [1.165, 1.54) is 23.3 Å². The summed E-state index contributed by atoms with van der Waals surface area (Å²) in [5, 5.41) is 12.6. The molecule has 4 rings (SSSR count). The van der Waals surface area contributed by atoms with Crippen molar-refractivity contribution in [1.29, 1.82) is 0 Å². The van der Waals surface area contributed by atoms with Gasteiger partial charge in [-0.15, -0.1) is 5.10 Å². The van der Waals surface area contributed by atoms with Crippen LogP contribution in [-0.2, 0) is 13.0 Å². The van der Waals surface area contributed by atoms with Crippen LogP contribution < -0.4 is 4.90 Å². The fourth-order valence-corrected chi connectivity index (χ4v) is 3.69. The second-order valence-electron chi connectivity index (χ2n) is 7.61. The molecule has 8 heteroatoms. The van der Waals surface area contributed by atoms with Crippen molar-refractivity contribution in [3.63, 3.8) is 0 Å². The van der Waals surface area contributed by atoms with Crippen molar-refractivity contribution < 1.29 is 13.6 Å². The largest absolute Gasteiger partial charge is 0.334 e. The van der Waals surface area contributed by atoms with Crippen LogP contribution >= 0.6 is 0 Å². The van der Waals surface area contributed by atoms with E-state index in [4.69, 9.17) is 0 Å². The Bertz CT molecular complexity index is 1140. The van der Waals surface area contributed by atoms with Crippen molar-refractivity contribution in [2.75, 3.05) is 18.0 Å². The van der Waals surface area contributed by atoms with Gasteiger partial charge in [0.2, 0.25) is 0 Å². The summed E-state index contributed by atoms with van der Waals surface area (Å²) in [7, 11) is 0. The van der Waals surface area contributed by atoms with Crippen molar-refractivity contribution in [2.45, 2.75) is 33.2 Å². The lowest BCUT2D eigenvalue weighted by molar-refractivity contribution is 0.0988. The first kappa shape index (κ1) is 20.8. The van der Waals surface area contributed by atoms with E-state index in [-0.39, 0.29) is 12.0 Å². The molecule has 1 aromatic heterocycles. The van der Waals surface area contributed by atoms with E-state index in [0.717, 1.165) is 30.2 Å². The van der Waals surface area contributed by atoms with E-state index >= 15 is 0 Å². The number of tetrazole rings is 1. The maximum Gasteiger partial charge on any atom is 0.266 e. The Morgan fingerprint density at radius 3 is 2.61 bits per heavy atom. The highest BCUT2D eigenvalue weighted by atomic mass is 19.2. The molecule has 0 unspecified atom stereocenters. The Morgan fingerprint density at radius 2 is 1.90 bits per heavy atom. The topological polar surface area (TPSA) is 63.9 Å². The summed E-state index contributed by atoms with van der Waals surface area (Å²) in [6, 6.07) is 11.3. The standard InChI is InChI=1S/C23H23F2N5O/c1-3-30-27-23(26-28-30)29-12-11-15(2)19(14-29)17-9-7-16(8-10-17)13-21(31)18-5-4-6-20(24)22(18)25/h4-10H,3,11-14H2,1-2H3. The number of anilines is 1. The number of hydrogen-bond acceptors (Lipinski definition) is 5. The molecule has 0 spiro atoms. The predicted octanol–water partition coefficient (Wildman–Crippen LogP) is 4.08. The molecule has 0 amide bonds. The molecule has 0 saturated heterocycles. The molecule has 3 aromatic rings. The molecule has 0 aliphatic carbocycles. The van der Waals surface area contributed by atoms with Crippen LogP contribution in [0.15, 0.2) is 48.0 Å². The molecule has 1 aliphatic heterocycles. The normalized spacial score (nSPS) is 14.3. The van der Waals surface area contributed by atoms with Gasteiger partial charge in [0.15, 0.2) is 17.4 Å². The highest BCUT2D eigenvalue weighted by Crippen LogP contribution is 2.28. The van der Waals surface area contributed by atoms with Gasteiger partial charge >= 0.3 is 0 Å². The maximum atomic E-state index is 13.9. The van der Waals surface area contributed by atoms with Gasteiger partial charge in [-0.25, -0.2) is 8.78 Å². The Labute approximate surface area is 179 Å². The monoisotopic (exact) mass is 423 g/mol. The average molecular weight is 423 g/mol. The Hall–Kier alpha value is -3.42. The number of aromatic nitrogens is 4. The Kier molecular flexibility index (Phi) is 5.88. The average Bonchev–Trinajstić information content (AvgIpc) is 3.26. The number of ketones is 1. The summed E-state index contributed by atoms with van der Waals surface area (Å²) in [4.78, 5) is 16.1. The van der Waals surface area contributed by atoms with E-state index in [1.54, 1.807) is 4.80 Å². The molecule has 2 aromatic carbocycles. The van der Waals surface area contributed by atoms with Gasteiger partial charge in [0.05, 0.1) is 12.1 Å². The number of benzene rings is 2. The second-order valence-corrected chi connectivity index (χ2v) is 7.61. The quantitative estimate of drug-likeness (QED) is 0.559. The number of halogens is 2. The molecule has 0 radical (unpaired) electrons. The molecule has 31 heavy (non-hydrogen) atoms. The van der Waals surface area contributed by atoms with Crippen LogP contribution in [0.3, 0.4) is 0 Å². The molecule has 0 N–H and O–H groups in total. The Morgan fingerprint density at radius 1 is 1.13 bits per heavy atom. The Balaban J connectivity index is 1.49. The zero-order valence-electron chi connectivity index (χ0n) is 17.5. The number of carbonyl (C=O) groups is 1. The predicted molar refractivity (Wildman–Crippen MR) is 114 cm³/mol. The van der Waals surface area contributed by atoms with Gasteiger partial charge in [-0.1, -0.05) is 41.0 Å². The van der Waals surface area contributed by atoms with Crippen LogP contribution in [0, 0.1) is 11.6 Å². The van der Waals surface area contributed by atoms with Gasteiger partial charge in [0.25, 0.3) is 5.95 Å². The molecule has 2 heterocycles. The number of rotatable bonds is 6. The van der Waals surface area contributed by atoms with Crippen molar-refractivity contribution in [3.05, 3.63) is 76.4 Å². The van der Waals surface area contributed by atoms with Crippen LogP contribution in [0.5, 0.6) is 0 Å². The molecular formula is C23H23F2N5O. The van der Waals surface area contributed by atoms with E-state index in [0.29, 0.717) is 19.0 Å². The van der Waals surface area contributed by atoms with Crippen LogP contribution in [0.1, 0.15) is 41.8 Å². The van der Waals surface area contributed by atoms with Crippen LogP contribution in [0.2, 0.25) is 0 Å². The lowest BCUT2D eigenvalue weighted by Crippen LogP contribution is -2.31. The third-order valence-electron chi connectivity index (χ3n) is 5.55.